The van der Waals surface area contributed by atoms with Crippen LogP contribution < -0.4 is 0 Å². The molecule has 1 aromatic heterocycles. The standard InChI is InChI=1S/C22H21FS/c1-15-6-13-22(24-15)20-12-11-19(14-21(20)23)18-9-7-17(8-10-18)16-4-2-3-5-16/h6-14,16H,2-5H2,1H3. The third kappa shape index (κ3) is 3.03. The summed E-state index contributed by atoms with van der Waals surface area (Å²) < 4.78 is 14.6. The van der Waals surface area contributed by atoms with Gasteiger partial charge in [0.1, 0.15) is 5.82 Å². The van der Waals surface area contributed by atoms with Gasteiger partial charge in [-0.25, -0.2) is 4.39 Å². The van der Waals surface area contributed by atoms with E-state index in [-0.39, 0.29) is 5.82 Å². The van der Waals surface area contributed by atoms with Gasteiger partial charge in [0.2, 0.25) is 0 Å². The number of aryl methyl sites for hydroxylation is 1. The van der Waals surface area contributed by atoms with Gasteiger partial charge in [0.15, 0.2) is 0 Å². The van der Waals surface area contributed by atoms with Crippen LogP contribution in [0.5, 0.6) is 0 Å². The maximum atomic E-state index is 14.6. The van der Waals surface area contributed by atoms with Crippen LogP contribution >= 0.6 is 11.3 Å². The second-order valence-corrected chi connectivity index (χ2v) is 8.00. The van der Waals surface area contributed by atoms with Crippen LogP contribution in [0.2, 0.25) is 0 Å². The summed E-state index contributed by atoms with van der Waals surface area (Å²) in [4.78, 5) is 2.20. The molecular weight excluding hydrogens is 315 g/mol. The minimum absolute atomic E-state index is 0.144. The molecule has 0 radical (unpaired) electrons. The van der Waals surface area contributed by atoms with E-state index in [4.69, 9.17) is 0 Å². The molecule has 0 N–H and O–H groups in total. The van der Waals surface area contributed by atoms with Crippen molar-refractivity contribution >= 4 is 11.3 Å². The third-order valence-electron chi connectivity index (χ3n) is 5.05. The fourth-order valence-corrected chi connectivity index (χ4v) is 4.58. The van der Waals surface area contributed by atoms with Gasteiger partial charge in [-0.1, -0.05) is 43.2 Å². The van der Waals surface area contributed by atoms with Crippen LogP contribution in [-0.4, -0.2) is 0 Å². The fourth-order valence-electron chi connectivity index (χ4n) is 3.68. The highest BCUT2D eigenvalue weighted by atomic mass is 32.1. The third-order valence-corrected chi connectivity index (χ3v) is 6.08. The van der Waals surface area contributed by atoms with Crippen LogP contribution in [0.25, 0.3) is 21.6 Å². The molecule has 4 rings (SSSR count). The van der Waals surface area contributed by atoms with E-state index >= 15 is 0 Å². The summed E-state index contributed by atoms with van der Waals surface area (Å²) in [7, 11) is 0. The lowest BCUT2D eigenvalue weighted by Crippen LogP contribution is -1.92. The zero-order valence-electron chi connectivity index (χ0n) is 13.9. The Hall–Kier alpha value is -1.93. The Balaban J connectivity index is 1.61. The van der Waals surface area contributed by atoms with Crippen LogP contribution in [0.1, 0.15) is 42.0 Å². The Morgan fingerprint density at radius 1 is 0.875 bits per heavy atom. The first-order valence-electron chi connectivity index (χ1n) is 8.67. The smallest absolute Gasteiger partial charge is 0.132 e. The quantitative estimate of drug-likeness (QED) is 0.475. The lowest BCUT2D eigenvalue weighted by Gasteiger charge is -2.11. The van der Waals surface area contributed by atoms with E-state index in [0.29, 0.717) is 5.56 Å². The molecule has 0 unspecified atom stereocenters. The van der Waals surface area contributed by atoms with Crippen molar-refractivity contribution in [3.8, 4) is 21.6 Å². The molecule has 122 valence electrons. The van der Waals surface area contributed by atoms with Gasteiger partial charge in [-0.3, -0.25) is 0 Å². The van der Waals surface area contributed by atoms with Gasteiger partial charge >= 0.3 is 0 Å². The van der Waals surface area contributed by atoms with Crippen molar-refractivity contribution in [1.29, 1.82) is 0 Å². The molecule has 1 saturated carbocycles. The summed E-state index contributed by atoms with van der Waals surface area (Å²) in [5.41, 5.74) is 4.16. The molecule has 1 aliphatic carbocycles. The van der Waals surface area contributed by atoms with Gasteiger partial charge < -0.3 is 0 Å². The lowest BCUT2D eigenvalue weighted by atomic mass is 9.95. The number of halogens is 1. The topological polar surface area (TPSA) is 0 Å². The molecule has 3 aromatic rings. The highest BCUT2D eigenvalue weighted by Crippen LogP contribution is 2.36. The summed E-state index contributed by atoms with van der Waals surface area (Å²) >= 11 is 1.63. The highest BCUT2D eigenvalue weighted by Gasteiger charge is 2.17. The molecule has 2 aromatic carbocycles. The molecule has 1 fully saturated rings. The normalized spacial score (nSPS) is 15.1. The van der Waals surface area contributed by atoms with Crippen molar-refractivity contribution in [3.05, 3.63) is 70.9 Å². The average molecular weight is 336 g/mol. The summed E-state index contributed by atoms with van der Waals surface area (Å²) in [6.45, 7) is 2.05. The Kier molecular flexibility index (Phi) is 4.24. The maximum absolute atomic E-state index is 14.6. The van der Waals surface area contributed by atoms with Gasteiger partial charge in [0.25, 0.3) is 0 Å². The summed E-state index contributed by atoms with van der Waals surface area (Å²) in [5, 5.41) is 0. The molecule has 2 heteroatoms. The van der Waals surface area contributed by atoms with Gasteiger partial charge in [-0.2, -0.15) is 0 Å². The van der Waals surface area contributed by atoms with Crippen LogP contribution in [0.3, 0.4) is 0 Å². The van der Waals surface area contributed by atoms with E-state index in [2.05, 4.69) is 24.3 Å². The van der Waals surface area contributed by atoms with Crippen LogP contribution in [0.4, 0.5) is 4.39 Å². The molecule has 0 bridgehead atoms. The van der Waals surface area contributed by atoms with Crippen molar-refractivity contribution in [2.24, 2.45) is 0 Å². The number of benzene rings is 2. The molecule has 1 heterocycles. The average Bonchev–Trinajstić information content (AvgIpc) is 3.27. The minimum atomic E-state index is -0.144. The van der Waals surface area contributed by atoms with Crippen LogP contribution in [0, 0.1) is 12.7 Å². The monoisotopic (exact) mass is 336 g/mol. The Labute approximate surface area is 147 Å². The highest BCUT2D eigenvalue weighted by molar-refractivity contribution is 7.15. The summed E-state index contributed by atoms with van der Waals surface area (Å²) in [5.74, 6) is 0.578. The van der Waals surface area contributed by atoms with Gasteiger partial charge in [0, 0.05) is 15.3 Å². The molecule has 0 amide bonds. The second kappa shape index (κ2) is 6.52. The first kappa shape index (κ1) is 15.6. The molecule has 24 heavy (non-hydrogen) atoms. The van der Waals surface area contributed by atoms with Gasteiger partial charge in [-0.15, -0.1) is 11.3 Å². The van der Waals surface area contributed by atoms with Gasteiger partial charge in [0.05, 0.1) is 0 Å². The Bertz CT molecular complexity index is 839. The number of rotatable bonds is 3. The largest absolute Gasteiger partial charge is 0.206 e. The number of hydrogen-bond donors (Lipinski definition) is 0. The fraction of sp³-hybridized carbons (Fsp3) is 0.273. The zero-order chi connectivity index (χ0) is 16.5. The molecule has 0 atom stereocenters. The predicted octanol–water partition coefficient (Wildman–Crippen LogP) is 7.19. The van der Waals surface area contributed by atoms with Crippen molar-refractivity contribution < 1.29 is 4.39 Å². The molecule has 0 spiro atoms. The summed E-state index contributed by atoms with van der Waals surface area (Å²) in [6, 6.07) is 18.3. The molecular formula is C22H21FS. The zero-order valence-corrected chi connectivity index (χ0v) is 14.7. The van der Waals surface area contributed by atoms with E-state index in [1.807, 2.05) is 31.2 Å². The van der Waals surface area contributed by atoms with E-state index in [1.165, 1.54) is 36.1 Å². The predicted molar refractivity (Wildman–Crippen MR) is 101 cm³/mol. The van der Waals surface area contributed by atoms with Crippen molar-refractivity contribution in [2.45, 2.75) is 38.5 Å². The number of hydrogen-bond acceptors (Lipinski definition) is 1. The first-order valence-corrected chi connectivity index (χ1v) is 9.49. The molecule has 0 saturated heterocycles. The van der Waals surface area contributed by atoms with Crippen molar-refractivity contribution in [2.75, 3.05) is 0 Å². The first-order chi connectivity index (χ1) is 11.7. The van der Waals surface area contributed by atoms with Crippen molar-refractivity contribution in [1.82, 2.24) is 0 Å². The van der Waals surface area contributed by atoms with Crippen LogP contribution in [0.15, 0.2) is 54.6 Å². The molecule has 0 nitrogen and oxygen atoms in total. The Morgan fingerprint density at radius 2 is 1.58 bits per heavy atom. The molecule has 1 aliphatic rings. The Morgan fingerprint density at radius 3 is 2.21 bits per heavy atom. The minimum Gasteiger partial charge on any atom is -0.206 e. The van der Waals surface area contributed by atoms with E-state index in [1.54, 1.807) is 17.4 Å². The van der Waals surface area contributed by atoms with Crippen LogP contribution in [-0.2, 0) is 0 Å². The van der Waals surface area contributed by atoms with E-state index in [0.717, 1.165) is 21.9 Å². The van der Waals surface area contributed by atoms with E-state index in [9.17, 15) is 4.39 Å². The lowest BCUT2D eigenvalue weighted by molar-refractivity contribution is 0.632. The molecule has 0 aliphatic heterocycles. The maximum Gasteiger partial charge on any atom is 0.132 e. The second-order valence-electron chi connectivity index (χ2n) is 6.71. The summed E-state index contributed by atoms with van der Waals surface area (Å²) in [6.07, 6.45) is 5.31. The van der Waals surface area contributed by atoms with Crippen molar-refractivity contribution in [3.63, 3.8) is 0 Å². The van der Waals surface area contributed by atoms with E-state index < -0.39 is 0 Å². The number of thiophene rings is 1. The SMILES string of the molecule is Cc1ccc(-c2ccc(-c3ccc(C4CCCC4)cc3)cc2F)s1. The van der Waals surface area contributed by atoms with Gasteiger partial charge in [-0.05, 0) is 66.6 Å².